The molecule has 0 saturated carbocycles. The molecular weight excluding hydrogens is 328 g/mol. The minimum absolute atomic E-state index is 0.164. The lowest BCUT2D eigenvalue weighted by Gasteiger charge is -2.18. The molecule has 0 atom stereocenters. The average molecular weight is 347 g/mol. The summed E-state index contributed by atoms with van der Waals surface area (Å²) in [5.41, 5.74) is 1.85. The lowest BCUT2D eigenvalue weighted by Crippen LogP contribution is -2.26. The summed E-state index contributed by atoms with van der Waals surface area (Å²) in [4.78, 5) is 25.6. The maximum Gasteiger partial charge on any atom is 0.411 e. The summed E-state index contributed by atoms with van der Waals surface area (Å²) >= 11 is 6.13. The second kappa shape index (κ2) is 8.36. The van der Waals surface area contributed by atoms with Crippen molar-refractivity contribution in [1.82, 2.24) is 4.90 Å². The Morgan fingerprint density at radius 2 is 1.92 bits per heavy atom. The maximum atomic E-state index is 12.6. The van der Waals surface area contributed by atoms with Crippen molar-refractivity contribution in [3.8, 4) is 0 Å². The van der Waals surface area contributed by atoms with E-state index >= 15 is 0 Å². The molecule has 0 aliphatic heterocycles. The Bertz CT molecular complexity index is 734. The SMILES string of the molecule is CCOC(=O)Nc1cccc(C(=O)N(C)Cc2ccccc2Cl)c1. The minimum atomic E-state index is -0.550. The molecule has 0 aromatic heterocycles. The number of ether oxygens (including phenoxy) is 1. The van der Waals surface area contributed by atoms with Gasteiger partial charge in [0.2, 0.25) is 0 Å². The van der Waals surface area contributed by atoms with Crippen LogP contribution in [0, 0.1) is 0 Å². The summed E-state index contributed by atoms with van der Waals surface area (Å²) in [5, 5.41) is 3.20. The van der Waals surface area contributed by atoms with E-state index in [9.17, 15) is 9.59 Å². The van der Waals surface area contributed by atoms with Gasteiger partial charge in [0.05, 0.1) is 6.61 Å². The van der Waals surface area contributed by atoms with Gasteiger partial charge in [0.1, 0.15) is 0 Å². The van der Waals surface area contributed by atoms with Crippen LogP contribution in [0.25, 0.3) is 0 Å². The van der Waals surface area contributed by atoms with Crippen LogP contribution in [0.15, 0.2) is 48.5 Å². The number of nitrogens with zero attached hydrogens (tertiary/aromatic N) is 1. The van der Waals surface area contributed by atoms with Crippen LogP contribution in [0.5, 0.6) is 0 Å². The third-order valence-electron chi connectivity index (χ3n) is 3.34. The summed E-state index contributed by atoms with van der Waals surface area (Å²) in [6.45, 7) is 2.41. The molecule has 1 N–H and O–H groups in total. The summed E-state index contributed by atoms with van der Waals surface area (Å²) in [6.07, 6.45) is -0.550. The molecule has 5 nitrogen and oxygen atoms in total. The summed E-state index contributed by atoms with van der Waals surface area (Å²) < 4.78 is 4.83. The largest absolute Gasteiger partial charge is 0.450 e. The molecule has 0 fully saturated rings. The van der Waals surface area contributed by atoms with Crippen LogP contribution < -0.4 is 5.32 Å². The van der Waals surface area contributed by atoms with E-state index in [0.717, 1.165) is 5.56 Å². The highest BCUT2D eigenvalue weighted by Crippen LogP contribution is 2.18. The van der Waals surface area contributed by atoms with Gasteiger partial charge in [0.15, 0.2) is 0 Å². The van der Waals surface area contributed by atoms with Crippen molar-refractivity contribution in [1.29, 1.82) is 0 Å². The molecule has 0 radical (unpaired) electrons. The van der Waals surface area contributed by atoms with E-state index in [1.54, 1.807) is 49.2 Å². The van der Waals surface area contributed by atoms with Gasteiger partial charge in [-0.1, -0.05) is 35.9 Å². The average Bonchev–Trinajstić information content (AvgIpc) is 2.56. The van der Waals surface area contributed by atoms with Crippen LogP contribution in [0.3, 0.4) is 0 Å². The fraction of sp³-hybridized carbons (Fsp3) is 0.222. The second-order valence-corrected chi connectivity index (χ2v) is 5.59. The topological polar surface area (TPSA) is 58.6 Å². The Morgan fingerprint density at radius 1 is 1.17 bits per heavy atom. The van der Waals surface area contributed by atoms with Gasteiger partial charge < -0.3 is 9.64 Å². The van der Waals surface area contributed by atoms with Crippen molar-refractivity contribution in [3.63, 3.8) is 0 Å². The first-order valence-corrected chi connectivity index (χ1v) is 7.91. The number of rotatable bonds is 5. The smallest absolute Gasteiger partial charge is 0.411 e. The van der Waals surface area contributed by atoms with Crippen molar-refractivity contribution >= 4 is 29.3 Å². The van der Waals surface area contributed by atoms with E-state index in [-0.39, 0.29) is 12.5 Å². The molecule has 2 amide bonds. The molecule has 0 bridgehead atoms. The van der Waals surface area contributed by atoms with Crippen LogP contribution >= 0.6 is 11.6 Å². The van der Waals surface area contributed by atoms with Crippen molar-refractivity contribution in [2.45, 2.75) is 13.5 Å². The molecule has 24 heavy (non-hydrogen) atoms. The number of anilines is 1. The zero-order valence-corrected chi connectivity index (χ0v) is 14.3. The highest BCUT2D eigenvalue weighted by molar-refractivity contribution is 6.31. The molecular formula is C18H19ClN2O3. The Morgan fingerprint density at radius 3 is 2.62 bits per heavy atom. The zero-order valence-electron chi connectivity index (χ0n) is 13.6. The Balaban J connectivity index is 2.08. The van der Waals surface area contributed by atoms with Gasteiger partial charge in [-0.25, -0.2) is 4.79 Å². The van der Waals surface area contributed by atoms with Crippen molar-refractivity contribution in [2.24, 2.45) is 0 Å². The Hall–Kier alpha value is -2.53. The van der Waals surface area contributed by atoms with E-state index < -0.39 is 6.09 Å². The van der Waals surface area contributed by atoms with E-state index in [4.69, 9.17) is 16.3 Å². The fourth-order valence-corrected chi connectivity index (χ4v) is 2.38. The summed E-state index contributed by atoms with van der Waals surface area (Å²) in [7, 11) is 1.71. The van der Waals surface area contributed by atoms with E-state index in [1.165, 1.54) is 0 Å². The highest BCUT2D eigenvalue weighted by atomic mass is 35.5. The molecule has 0 aliphatic carbocycles. The Labute approximate surface area is 146 Å². The monoisotopic (exact) mass is 346 g/mol. The van der Waals surface area contributed by atoms with Gasteiger partial charge in [-0.05, 0) is 36.8 Å². The zero-order chi connectivity index (χ0) is 17.5. The molecule has 6 heteroatoms. The molecule has 2 aromatic rings. The molecule has 0 heterocycles. The van der Waals surface area contributed by atoms with E-state index in [2.05, 4.69) is 5.32 Å². The fourth-order valence-electron chi connectivity index (χ4n) is 2.19. The first-order valence-electron chi connectivity index (χ1n) is 7.54. The third kappa shape index (κ3) is 4.73. The van der Waals surface area contributed by atoms with Gasteiger partial charge in [-0.3, -0.25) is 10.1 Å². The summed E-state index contributed by atoms with van der Waals surface area (Å²) in [6, 6.07) is 14.1. The number of benzene rings is 2. The number of halogens is 1. The second-order valence-electron chi connectivity index (χ2n) is 5.18. The molecule has 0 saturated heterocycles. The van der Waals surface area contributed by atoms with Crippen LogP contribution in [0.1, 0.15) is 22.8 Å². The van der Waals surface area contributed by atoms with Crippen molar-refractivity contribution in [2.75, 3.05) is 19.0 Å². The maximum absolute atomic E-state index is 12.6. The predicted molar refractivity (Wildman–Crippen MR) is 94.3 cm³/mol. The highest BCUT2D eigenvalue weighted by Gasteiger charge is 2.14. The van der Waals surface area contributed by atoms with Crippen LogP contribution in [-0.4, -0.2) is 30.6 Å². The van der Waals surface area contributed by atoms with Gasteiger partial charge in [0, 0.05) is 29.9 Å². The first-order chi connectivity index (χ1) is 11.5. The molecule has 126 valence electrons. The number of hydrogen-bond donors (Lipinski definition) is 1. The van der Waals surface area contributed by atoms with Crippen LogP contribution in [0.4, 0.5) is 10.5 Å². The van der Waals surface area contributed by atoms with E-state index in [1.807, 2.05) is 18.2 Å². The summed E-state index contributed by atoms with van der Waals surface area (Å²) in [5.74, 6) is -0.164. The number of amides is 2. The van der Waals surface area contributed by atoms with Gasteiger partial charge >= 0.3 is 6.09 Å². The number of hydrogen-bond acceptors (Lipinski definition) is 3. The lowest BCUT2D eigenvalue weighted by molar-refractivity contribution is 0.0785. The normalized spacial score (nSPS) is 10.1. The van der Waals surface area contributed by atoms with Crippen molar-refractivity contribution < 1.29 is 14.3 Å². The predicted octanol–water partition coefficient (Wildman–Crippen LogP) is 4.18. The molecule has 2 rings (SSSR count). The van der Waals surface area contributed by atoms with Crippen LogP contribution in [-0.2, 0) is 11.3 Å². The third-order valence-corrected chi connectivity index (χ3v) is 3.71. The Kier molecular flexibility index (Phi) is 6.21. The first kappa shape index (κ1) is 17.8. The van der Waals surface area contributed by atoms with Gasteiger partial charge in [-0.2, -0.15) is 0 Å². The molecule has 0 aliphatic rings. The molecule has 0 spiro atoms. The standard InChI is InChI=1S/C18H19ClN2O3/c1-3-24-18(23)20-15-9-6-8-13(11-15)17(22)21(2)12-14-7-4-5-10-16(14)19/h4-11H,3,12H2,1-2H3,(H,20,23). The molecule has 2 aromatic carbocycles. The van der Waals surface area contributed by atoms with Crippen molar-refractivity contribution in [3.05, 3.63) is 64.7 Å². The number of carbonyl (C=O) groups excluding carboxylic acids is 2. The van der Waals surface area contributed by atoms with E-state index in [0.29, 0.717) is 22.8 Å². The lowest BCUT2D eigenvalue weighted by atomic mass is 10.1. The van der Waals surface area contributed by atoms with Gasteiger partial charge in [-0.15, -0.1) is 0 Å². The quantitative estimate of drug-likeness (QED) is 0.883. The van der Waals surface area contributed by atoms with Gasteiger partial charge in [0.25, 0.3) is 5.91 Å². The molecule has 0 unspecified atom stereocenters. The number of carbonyl (C=O) groups is 2. The minimum Gasteiger partial charge on any atom is -0.450 e. The van der Waals surface area contributed by atoms with Crippen LogP contribution in [0.2, 0.25) is 5.02 Å². The number of nitrogens with one attached hydrogen (secondary N) is 1.